The van der Waals surface area contributed by atoms with Gasteiger partial charge in [0.25, 0.3) is 11.8 Å². The number of fused-ring (bicyclic) bond motifs is 2. The second-order valence-electron chi connectivity index (χ2n) is 18.4. The van der Waals surface area contributed by atoms with Crippen LogP contribution < -0.4 is 4.18 Å². The molecule has 8 rings (SSSR count). The van der Waals surface area contributed by atoms with E-state index in [1.807, 2.05) is 8.53 Å². The molecule has 2 atom stereocenters. The van der Waals surface area contributed by atoms with Crippen LogP contribution >= 0.6 is 0 Å². The molecule has 0 spiro atoms. The van der Waals surface area contributed by atoms with Gasteiger partial charge in [0.05, 0.1) is 0 Å². The van der Waals surface area contributed by atoms with Gasteiger partial charge >= 0.3 is 46.9 Å². The number of alkyl halides is 9. The van der Waals surface area contributed by atoms with Crippen molar-refractivity contribution in [1.82, 2.24) is 24.5 Å². The van der Waals surface area contributed by atoms with E-state index < -0.39 is 52.6 Å². The molecule has 1 N–H and O–H groups in total. The van der Waals surface area contributed by atoms with Crippen LogP contribution in [0.15, 0.2) is 36.4 Å². The minimum atomic E-state index is -6.85. The van der Waals surface area contributed by atoms with Crippen molar-refractivity contribution >= 4 is 42.2 Å². The van der Waals surface area contributed by atoms with Gasteiger partial charge in [-0.05, 0) is 119 Å². The van der Waals surface area contributed by atoms with Crippen molar-refractivity contribution in [2.45, 2.75) is 139 Å². The number of phenols is 1. The fourth-order valence-corrected chi connectivity index (χ4v) is 12.0. The summed E-state index contributed by atoms with van der Waals surface area (Å²) in [5, 5.41) is 9.58. The van der Waals surface area contributed by atoms with E-state index >= 15 is 0 Å². The highest BCUT2D eigenvalue weighted by atomic mass is 32.3. The Hall–Kier alpha value is -3.96. The zero-order valence-corrected chi connectivity index (χ0v) is 43.0. The van der Waals surface area contributed by atoms with E-state index in [-0.39, 0.29) is 23.6 Å². The summed E-state index contributed by atoms with van der Waals surface area (Å²) in [6, 6.07) is 10.7. The summed E-state index contributed by atoms with van der Waals surface area (Å²) in [6.45, 7) is 15.4. The second kappa shape index (κ2) is 24.4. The standard InChI is InChI=1S/C19H23F3N2O4S.C18H24N2O2.C6H15N.C2F6O5S2/c20-19(21,22)29(26,27)28-16-5-6-17-13(11-16)7-10-24(18(17)25)15-8-9-23(12-15)14-3-1-2-4-14;21-16-5-6-17-13(11-16)7-10-20(18(17)22)15-8-9-19(12-15)14-3-1-2-4-14;1-4-7(5-2)6-3;3-1(4,5)14(9,10)13-15(11,12)2(6,7)8/h5-6,11,14-15H,1-4,7-10,12H2;5-6,11,14-15,21H,1-4,7-10,12H2;4-6H2,1-3H3;/t2*15-;;/m11../s1. The van der Waals surface area contributed by atoms with Crippen LogP contribution in [-0.4, -0.2) is 166 Å². The molecule has 414 valence electrons. The molecular formula is C45H62F9N5O11S3. The van der Waals surface area contributed by atoms with E-state index in [4.69, 9.17) is 0 Å². The third kappa shape index (κ3) is 15.1. The van der Waals surface area contributed by atoms with Crippen LogP contribution in [0, 0.1) is 0 Å². The quantitative estimate of drug-likeness (QED) is 0.133. The summed E-state index contributed by atoms with van der Waals surface area (Å²) >= 11 is 0. The predicted molar refractivity (Wildman–Crippen MR) is 249 cm³/mol. The fourth-order valence-electron chi connectivity index (χ4n) is 10.0. The van der Waals surface area contributed by atoms with E-state index in [0.717, 1.165) is 75.2 Å². The number of benzene rings is 2. The summed E-state index contributed by atoms with van der Waals surface area (Å²) < 4.78 is 174. The Morgan fingerprint density at radius 1 is 0.548 bits per heavy atom. The maximum atomic E-state index is 13.0. The molecule has 2 aliphatic carbocycles. The Morgan fingerprint density at radius 2 is 0.932 bits per heavy atom. The summed E-state index contributed by atoms with van der Waals surface area (Å²) in [7, 11) is -19.4. The molecule has 0 bridgehead atoms. The average Bonchev–Trinajstić information content (AvgIpc) is 4.15. The minimum Gasteiger partial charge on any atom is -0.508 e. The van der Waals surface area contributed by atoms with Gasteiger partial charge in [-0.3, -0.25) is 19.4 Å². The maximum absolute atomic E-state index is 13.0. The van der Waals surface area contributed by atoms with Crippen molar-refractivity contribution in [2.24, 2.45) is 0 Å². The monoisotopic (exact) mass is 1120 g/mol. The van der Waals surface area contributed by atoms with Crippen LogP contribution in [0.5, 0.6) is 11.5 Å². The summed E-state index contributed by atoms with van der Waals surface area (Å²) in [4.78, 5) is 37.1. The second-order valence-corrected chi connectivity index (χ2v) is 23.2. The van der Waals surface area contributed by atoms with Crippen LogP contribution in [-0.2, 0) is 46.8 Å². The first-order valence-electron chi connectivity index (χ1n) is 24.0. The molecule has 6 aliphatic rings. The van der Waals surface area contributed by atoms with E-state index in [1.54, 1.807) is 18.2 Å². The topological polar surface area (TPSA) is 191 Å². The lowest BCUT2D eigenvalue weighted by Gasteiger charge is -2.34. The first-order valence-corrected chi connectivity index (χ1v) is 28.3. The molecule has 0 radical (unpaired) electrons. The molecule has 73 heavy (non-hydrogen) atoms. The van der Waals surface area contributed by atoms with Crippen molar-refractivity contribution in [3.05, 3.63) is 58.7 Å². The number of phenolic OH excluding ortho intramolecular Hbond substituents is 1. The summed E-state index contributed by atoms with van der Waals surface area (Å²) in [6.07, 6.45) is 13.7. The lowest BCUT2D eigenvalue weighted by molar-refractivity contribution is -0.0586. The molecule has 0 unspecified atom stereocenters. The normalized spacial score (nSPS) is 21.8. The van der Waals surface area contributed by atoms with Gasteiger partial charge in [-0.1, -0.05) is 46.5 Å². The van der Waals surface area contributed by atoms with Gasteiger partial charge in [-0.2, -0.15) is 64.8 Å². The molecule has 2 saturated carbocycles. The average molecular weight is 1120 g/mol. The van der Waals surface area contributed by atoms with Gasteiger partial charge in [0.2, 0.25) is 0 Å². The number of carbonyl (C=O) groups excluding carboxylic acids is 2. The van der Waals surface area contributed by atoms with Gasteiger partial charge in [0.1, 0.15) is 11.5 Å². The van der Waals surface area contributed by atoms with Crippen molar-refractivity contribution in [2.75, 3.05) is 58.9 Å². The SMILES string of the molecule is CCN(CC)CC.O=C1c2ccc(O)cc2CCN1[C@@H]1CCN(C2CCCC2)C1.O=C1c2ccc(OS(=O)(=O)C(F)(F)F)cc2CCN1[C@@H]1CCN(C2CCCC2)C1.O=S(=O)(OS(=O)(=O)C(F)(F)F)C(F)(F)F. The first kappa shape index (κ1) is 59.9. The molecule has 4 aliphatic heterocycles. The van der Waals surface area contributed by atoms with Crippen molar-refractivity contribution < 1.29 is 87.3 Å². The number of likely N-dealkylation sites (tertiary alicyclic amines) is 2. The minimum absolute atomic E-state index is 0.137. The van der Waals surface area contributed by atoms with Crippen LogP contribution in [0.4, 0.5) is 39.5 Å². The highest BCUT2D eigenvalue weighted by Crippen LogP contribution is 2.35. The number of aromatic hydroxyl groups is 1. The molecule has 16 nitrogen and oxygen atoms in total. The third-order valence-corrected chi connectivity index (χ3v) is 17.5. The predicted octanol–water partition coefficient (Wildman–Crippen LogP) is 7.39. The zero-order chi connectivity index (χ0) is 54.3. The summed E-state index contributed by atoms with van der Waals surface area (Å²) in [5.74, 6) is -0.182. The third-order valence-electron chi connectivity index (χ3n) is 13.9. The Bertz CT molecular complexity index is 2510. The number of hydrogen-bond acceptors (Lipinski definition) is 14. The van der Waals surface area contributed by atoms with Crippen LogP contribution in [0.3, 0.4) is 0 Å². The number of nitrogens with zero attached hydrogens (tertiary/aromatic N) is 5. The maximum Gasteiger partial charge on any atom is 0.534 e. The molecule has 2 amide bonds. The Kier molecular flexibility index (Phi) is 20.0. The molecule has 4 heterocycles. The van der Waals surface area contributed by atoms with Gasteiger partial charge < -0.3 is 24.0 Å². The molecule has 4 fully saturated rings. The number of hydrogen-bond donors (Lipinski definition) is 1. The van der Waals surface area contributed by atoms with Crippen molar-refractivity contribution in [3.63, 3.8) is 0 Å². The molecule has 2 aromatic carbocycles. The van der Waals surface area contributed by atoms with Crippen LogP contribution in [0.2, 0.25) is 0 Å². The van der Waals surface area contributed by atoms with Crippen molar-refractivity contribution in [3.8, 4) is 11.5 Å². The lowest BCUT2D eigenvalue weighted by atomic mass is 9.97. The van der Waals surface area contributed by atoms with Gasteiger partial charge in [-0.25, -0.2) is 0 Å². The number of halogens is 9. The van der Waals surface area contributed by atoms with Crippen LogP contribution in [0.25, 0.3) is 0 Å². The molecule has 2 aromatic rings. The van der Waals surface area contributed by atoms with Crippen LogP contribution in [0.1, 0.15) is 117 Å². The molecule has 0 aromatic heterocycles. The largest absolute Gasteiger partial charge is 0.534 e. The Labute approximate surface area is 420 Å². The van der Waals surface area contributed by atoms with E-state index in [0.29, 0.717) is 36.2 Å². The van der Waals surface area contributed by atoms with Gasteiger partial charge in [0.15, 0.2) is 0 Å². The molecule has 2 saturated heterocycles. The number of carbonyl (C=O) groups is 2. The van der Waals surface area contributed by atoms with E-state index in [1.165, 1.54) is 83.1 Å². The van der Waals surface area contributed by atoms with Gasteiger partial charge in [0, 0.05) is 74.6 Å². The lowest BCUT2D eigenvalue weighted by Crippen LogP contribution is -2.46. The molecule has 28 heteroatoms. The number of rotatable bonds is 11. The smallest absolute Gasteiger partial charge is 0.508 e. The highest BCUT2D eigenvalue weighted by molar-refractivity contribution is 8.00. The zero-order valence-electron chi connectivity index (χ0n) is 40.5. The first-order chi connectivity index (χ1) is 33.9. The summed E-state index contributed by atoms with van der Waals surface area (Å²) in [5.41, 5.74) is -15.3. The highest BCUT2D eigenvalue weighted by Gasteiger charge is 2.57. The number of amides is 2. The van der Waals surface area contributed by atoms with Crippen molar-refractivity contribution in [1.29, 1.82) is 0 Å². The fraction of sp³-hybridized carbons (Fsp3) is 0.689. The Morgan fingerprint density at radius 3 is 1.30 bits per heavy atom. The Balaban J connectivity index is 0.000000199. The van der Waals surface area contributed by atoms with E-state index in [9.17, 15) is 79.5 Å². The van der Waals surface area contributed by atoms with Gasteiger partial charge in [-0.15, -0.1) is 3.63 Å². The van der Waals surface area contributed by atoms with E-state index in [2.05, 4.69) is 44.6 Å². The molecular weight excluding hydrogens is 1050 g/mol.